The summed E-state index contributed by atoms with van der Waals surface area (Å²) < 4.78 is 11.6. The monoisotopic (exact) mass is 462 g/mol. The van der Waals surface area contributed by atoms with E-state index in [0.717, 1.165) is 22.8 Å². The first-order valence-electron chi connectivity index (χ1n) is 10.7. The molecule has 8 heteroatoms. The van der Waals surface area contributed by atoms with Crippen LogP contribution in [0.2, 0.25) is 5.02 Å². The first kappa shape index (κ1) is 21.2. The number of carbonyl (C=O) groups is 1. The number of amides is 2. The lowest BCUT2D eigenvalue weighted by atomic mass is 10.1. The Morgan fingerprint density at radius 2 is 1.82 bits per heavy atom. The molecule has 7 nitrogen and oxygen atoms in total. The number of nitrogens with one attached hydrogen (secondary N) is 1. The molecule has 168 valence electrons. The summed E-state index contributed by atoms with van der Waals surface area (Å²) >= 11 is 6.03. The number of para-hydroxylation sites is 2. The van der Waals surface area contributed by atoms with Crippen molar-refractivity contribution in [2.45, 2.75) is 0 Å². The molecule has 1 fully saturated rings. The van der Waals surface area contributed by atoms with Crippen LogP contribution < -0.4 is 14.8 Å². The first-order chi connectivity index (χ1) is 16.1. The predicted octanol–water partition coefficient (Wildman–Crippen LogP) is 5.38. The second-order valence-corrected chi connectivity index (χ2v) is 8.22. The highest BCUT2D eigenvalue weighted by atomic mass is 35.5. The van der Waals surface area contributed by atoms with Crippen molar-refractivity contribution in [3.8, 4) is 17.2 Å². The lowest BCUT2D eigenvalue weighted by molar-refractivity contribution is 0.181. The number of benzene rings is 3. The number of amidine groups is 1. The Balaban J connectivity index is 1.36. The third-order valence-electron chi connectivity index (χ3n) is 5.68. The fraction of sp³-hybridized carbons (Fsp3) is 0.200. The quantitative estimate of drug-likeness (QED) is 0.555. The average Bonchev–Trinajstić information content (AvgIpc) is 3.00. The van der Waals surface area contributed by atoms with Gasteiger partial charge in [0.15, 0.2) is 5.75 Å². The number of rotatable bonds is 2. The second kappa shape index (κ2) is 9.03. The van der Waals surface area contributed by atoms with Gasteiger partial charge in [0.1, 0.15) is 23.0 Å². The topological polar surface area (TPSA) is 66.4 Å². The van der Waals surface area contributed by atoms with E-state index in [-0.39, 0.29) is 6.03 Å². The van der Waals surface area contributed by atoms with Gasteiger partial charge in [-0.3, -0.25) is 0 Å². The summed E-state index contributed by atoms with van der Waals surface area (Å²) in [5.41, 5.74) is 2.34. The molecule has 0 radical (unpaired) electrons. The van der Waals surface area contributed by atoms with Crippen LogP contribution in [0.15, 0.2) is 71.7 Å². The van der Waals surface area contributed by atoms with E-state index in [2.05, 4.69) is 10.2 Å². The van der Waals surface area contributed by atoms with Crippen LogP contribution in [0.3, 0.4) is 0 Å². The molecule has 3 aromatic rings. The summed E-state index contributed by atoms with van der Waals surface area (Å²) in [4.78, 5) is 21.7. The fourth-order valence-electron chi connectivity index (χ4n) is 3.96. The van der Waals surface area contributed by atoms with Gasteiger partial charge in [-0.15, -0.1) is 0 Å². The molecule has 1 N–H and O–H groups in total. The molecule has 0 unspecified atom stereocenters. The normalized spacial score (nSPS) is 14.9. The standard InChI is InChI=1S/C25H23ClN4O3/c1-32-19-9-10-20-23(16-19)33-22-8-3-2-7-21(22)28-24(20)29-11-13-30(14-12-29)25(31)27-18-6-4-5-17(26)15-18/h2-10,15-16H,11-14H2,1H3,(H,27,31). The minimum absolute atomic E-state index is 0.140. The van der Waals surface area contributed by atoms with Gasteiger partial charge in [-0.25, -0.2) is 9.79 Å². The minimum atomic E-state index is -0.140. The molecule has 0 bridgehead atoms. The van der Waals surface area contributed by atoms with E-state index in [1.807, 2.05) is 54.6 Å². The Hall–Kier alpha value is -3.71. The molecule has 3 aromatic carbocycles. The van der Waals surface area contributed by atoms with E-state index in [1.54, 1.807) is 24.1 Å². The van der Waals surface area contributed by atoms with Crippen molar-refractivity contribution >= 4 is 34.8 Å². The van der Waals surface area contributed by atoms with E-state index in [9.17, 15) is 4.79 Å². The molecular weight excluding hydrogens is 440 g/mol. The number of urea groups is 1. The van der Waals surface area contributed by atoms with Crippen molar-refractivity contribution in [3.05, 3.63) is 77.3 Å². The van der Waals surface area contributed by atoms with Crippen LogP contribution in [0.1, 0.15) is 5.56 Å². The molecule has 0 aromatic heterocycles. The van der Waals surface area contributed by atoms with Crippen LogP contribution in [-0.4, -0.2) is 55.0 Å². The number of piperazine rings is 1. The largest absolute Gasteiger partial charge is 0.497 e. The van der Waals surface area contributed by atoms with Crippen molar-refractivity contribution in [2.75, 3.05) is 38.6 Å². The van der Waals surface area contributed by atoms with Crippen LogP contribution in [0.5, 0.6) is 17.2 Å². The molecule has 5 rings (SSSR count). The number of fused-ring (bicyclic) bond motifs is 2. The van der Waals surface area contributed by atoms with Crippen LogP contribution in [0.25, 0.3) is 0 Å². The van der Waals surface area contributed by atoms with Crippen LogP contribution in [0, 0.1) is 0 Å². The smallest absolute Gasteiger partial charge is 0.321 e. The molecule has 2 aliphatic heterocycles. The van der Waals surface area contributed by atoms with Gasteiger partial charge < -0.3 is 24.6 Å². The maximum Gasteiger partial charge on any atom is 0.321 e. The molecule has 2 heterocycles. The molecule has 1 saturated heterocycles. The summed E-state index contributed by atoms with van der Waals surface area (Å²) in [5, 5.41) is 3.50. The maximum atomic E-state index is 12.7. The summed E-state index contributed by atoms with van der Waals surface area (Å²) in [7, 11) is 1.63. The summed E-state index contributed by atoms with van der Waals surface area (Å²) in [6, 6.07) is 20.5. The Morgan fingerprint density at radius 3 is 2.61 bits per heavy atom. The Labute approximate surface area is 197 Å². The fourth-order valence-corrected chi connectivity index (χ4v) is 4.15. The lowest BCUT2D eigenvalue weighted by Gasteiger charge is -2.36. The molecule has 0 saturated carbocycles. The van der Waals surface area contributed by atoms with E-state index in [4.69, 9.17) is 26.1 Å². The number of hydrogen-bond donors (Lipinski definition) is 1. The first-order valence-corrected chi connectivity index (χ1v) is 11.1. The molecule has 0 atom stereocenters. The van der Waals surface area contributed by atoms with E-state index in [0.29, 0.717) is 48.4 Å². The number of ether oxygens (including phenoxy) is 2. The highest BCUT2D eigenvalue weighted by molar-refractivity contribution is 6.30. The number of aliphatic imine (C=N–C) groups is 1. The third kappa shape index (κ3) is 4.45. The summed E-state index contributed by atoms with van der Waals surface area (Å²) in [5.74, 6) is 2.93. The van der Waals surface area contributed by atoms with Crippen molar-refractivity contribution in [3.63, 3.8) is 0 Å². The highest BCUT2D eigenvalue weighted by Crippen LogP contribution is 2.39. The van der Waals surface area contributed by atoms with Crippen LogP contribution in [0.4, 0.5) is 16.2 Å². The summed E-state index contributed by atoms with van der Waals surface area (Å²) in [6.07, 6.45) is 0. The zero-order valence-corrected chi connectivity index (χ0v) is 18.9. The highest BCUT2D eigenvalue weighted by Gasteiger charge is 2.28. The van der Waals surface area contributed by atoms with Gasteiger partial charge in [0.25, 0.3) is 0 Å². The van der Waals surface area contributed by atoms with Crippen LogP contribution in [-0.2, 0) is 0 Å². The van der Waals surface area contributed by atoms with Gasteiger partial charge in [0.2, 0.25) is 0 Å². The number of nitrogens with zero attached hydrogens (tertiary/aromatic N) is 3. The van der Waals surface area contributed by atoms with Gasteiger partial charge >= 0.3 is 6.03 Å². The molecule has 0 aliphatic carbocycles. The molecule has 2 aliphatic rings. The number of hydrogen-bond acceptors (Lipinski definition) is 5. The van der Waals surface area contributed by atoms with Gasteiger partial charge in [-0.1, -0.05) is 29.8 Å². The van der Waals surface area contributed by atoms with Gasteiger partial charge in [0.05, 0.1) is 12.7 Å². The molecule has 33 heavy (non-hydrogen) atoms. The molecular formula is C25H23ClN4O3. The number of anilines is 1. The predicted molar refractivity (Wildman–Crippen MR) is 129 cm³/mol. The third-order valence-corrected chi connectivity index (χ3v) is 5.92. The zero-order valence-electron chi connectivity index (χ0n) is 18.1. The second-order valence-electron chi connectivity index (χ2n) is 7.78. The van der Waals surface area contributed by atoms with E-state index < -0.39 is 0 Å². The lowest BCUT2D eigenvalue weighted by Crippen LogP contribution is -2.51. The Kier molecular flexibility index (Phi) is 5.79. The van der Waals surface area contributed by atoms with E-state index >= 15 is 0 Å². The van der Waals surface area contributed by atoms with Gasteiger partial charge in [-0.05, 0) is 42.5 Å². The number of carbonyl (C=O) groups excluding carboxylic acids is 1. The van der Waals surface area contributed by atoms with Crippen molar-refractivity contribution in [1.82, 2.24) is 9.80 Å². The SMILES string of the molecule is COc1ccc2c(c1)Oc1ccccc1N=C2N1CCN(C(=O)Nc2cccc(Cl)c2)CC1. The minimum Gasteiger partial charge on any atom is -0.497 e. The summed E-state index contributed by atoms with van der Waals surface area (Å²) in [6.45, 7) is 2.43. The van der Waals surface area contributed by atoms with Crippen molar-refractivity contribution in [1.29, 1.82) is 0 Å². The van der Waals surface area contributed by atoms with Crippen LogP contribution >= 0.6 is 11.6 Å². The zero-order chi connectivity index (χ0) is 22.8. The molecule has 0 spiro atoms. The number of methoxy groups -OCH3 is 1. The molecule has 2 amide bonds. The van der Waals surface area contributed by atoms with E-state index in [1.165, 1.54) is 0 Å². The Morgan fingerprint density at radius 1 is 1.00 bits per heavy atom. The van der Waals surface area contributed by atoms with Gasteiger partial charge in [-0.2, -0.15) is 0 Å². The Bertz CT molecular complexity index is 1220. The average molecular weight is 463 g/mol. The van der Waals surface area contributed by atoms with Crippen molar-refractivity contribution in [2.24, 2.45) is 4.99 Å². The van der Waals surface area contributed by atoms with Gasteiger partial charge in [0, 0.05) is 43.0 Å². The number of halogens is 1. The van der Waals surface area contributed by atoms with Crippen molar-refractivity contribution < 1.29 is 14.3 Å². The maximum absolute atomic E-state index is 12.7.